The second-order valence-corrected chi connectivity index (χ2v) is 5.90. The maximum atomic E-state index is 11.7. The molecule has 0 bridgehead atoms. The van der Waals surface area contributed by atoms with Crippen LogP contribution >= 0.6 is 0 Å². The van der Waals surface area contributed by atoms with Crippen molar-refractivity contribution in [2.75, 3.05) is 40.5 Å². The summed E-state index contributed by atoms with van der Waals surface area (Å²) in [6.07, 6.45) is 2.83. The predicted octanol–water partition coefficient (Wildman–Crippen LogP) is 0.783. The Labute approximate surface area is 127 Å². The van der Waals surface area contributed by atoms with Crippen LogP contribution in [0, 0.1) is 0 Å². The lowest BCUT2D eigenvalue weighted by molar-refractivity contribution is -0.149. The minimum absolute atomic E-state index is 0.148. The molecule has 3 atom stereocenters. The topological polar surface area (TPSA) is 74.0 Å². The van der Waals surface area contributed by atoms with Gasteiger partial charge in [0.2, 0.25) is 0 Å². The van der Waals surface area contributed by atoms with Gasteiger partial charge in [0, 0.05) is 27.3 Å². The van der Waals surface area contributed by atoms with E-state index in [4.69, 9.17) is 19.9 Å². The molecule has 1 aliphatic heterocycles. The van der Waals surface area contributed by atoms with Crippen LogP contribution in [0.1, 0.15) is 33.1 Å². The molecule has 6 nitrogen and oxygen atoms in total. The maximum Gasteiger partial charge on any atom is 0.325 e. The highest BCUT2D eigenvalue weighted by Gasteiger charge is 2.33. The van der Waals surface area contributed by atoms with E-state index in [2.05, 4.69) is 4.90 Å². The van der Waals surface area contributed by atoms with Crippen molar-refractivity contribution >= 4 is 5.97 Å². The minimum atomic E-state index is -0.884. The number of unbranched alkanes of at least 4 members (excludes halogenated alkanes) is 1. The number of esters is 1. The van der Waals surface area contributed by atoms with Crippen molar-refractivity contribution < 1.29 is 19.0 Å². The van der Waals surface area contributed by atoms with Crippen molar-refractivity contribution in [3.8, 4) is 0 Å². The molecule has 0 spiro atoms. The number of hydrogen-bond acceptors (Lipinski definition) is 6. The van der Waals surface area contributed by atoms with E-state index in [1.807, 2.05) is 0 Å². The van der Waals surface area contributed by atoms with Gasteiger partial charge in [0.1, 0.15) is 5.54 Å². The number of nitrogens with zero attached hydrogens (tertiary/aromatic N) is 1. The lowest BCUT2D eigenvalue weighted by Gasteiger charge is -2.22. The van der Waals surface area contributed by atoms with E-state index in [1.54, 1.807) is 28.1 Å². The maximum absolute atomic E-state index is 11.7. The van der Waals surface area contributed by atoms with Gasteiger partial charge in [0.15, 0.2) is 0 Å². The van der Waals surface area contributed by atoms with Gasteiger partial charge >= 0.3 is 5.97 Å². The number of carbonyl (C=O) groups excluding carboxylic acids is 1. The third-order valence-corrected chi connectivity index (χ3v) is 4.06. The number of carbonyl (C=O) groups is 1. The molecule has 1 fully saturated rings. The van der Waals surface area contributed by atoms with Crippen molar-refractivity contribution in [2.24, 2.45) is 5.73 Å². The molecule has 2 N–H and O–H groups in total. The Morgan fingerprint density at radius 1 is 1.24 bits per heavy atom. The molecule has 1 saturated heterocycles. The van der Waals surface area contributed by atoms with Crippen molar-refractivity contribution in [1.82, 2.24) is 4.90 Å². The van der Waals surface area contributed by atoms with Crippen molar-refractivity contribution in [1.29, 1.82) is 0 Å². The zero-order valence-corrected chi connectivity index (χ0v) is 13.8. The van der Waals surface area contributed by atoms with Crippen molar-refractivity contribution in [3.63, 3.8) is 0 Å². The van der Waals surface area contributed by atoms with Gasteiger partial charge in [0.25, 0.3) is 0 Å². The van der Waals surface area contributed by atoms with Crippen LogP contribution < -0.4 is 5.73 Å². The first kappa shape index (κ1) is 18.4. The second kappa shape index (κ2) is 8.68. The lowest BCUT2D eigenvalue weighted by atomic mass is 9.96. The predicted molar refractivity (Wildman–Crippen MR) is 81.1 cm³/mol. The highest BCUT2D eigenvalue weighted by molar-refractivity contribution is 5.79. The van der Waals surface area contributed by atoms with Gasteiger partial charge in [-0.2, -0.15) is 0 Å². The van der Waals surface area contributed by atoms with Crippen LogP contribution in [-0.4, -0.2) is 69.1 Å². The van der Waals surface area contributed by atoms with E-state index >= 15 is 0 Å². The molecule has 1 aliphatic rings. The second-order valence-electron chi connectivity index (χ2n) is 5.90. The molecule has 0 aromatic heterocycles. The van der Waals surface area contributed by atoms with E-state index in [0.717, 1.165) is 32.5 Å². The highest BCUT2D eigenvalue weighted by Crippen LogP contribution is 2.18. The number of ether oxygens (including phenoxy) is 3. The molecule has 0 amide bonds. The lowest BCUT2D eigenvalue weighted by Crippen LogP contribution is -2.46. The summed E-state index contributed by atoms with van der Waals surface area (Å²) in [6.45, 7) is 6.66. The average Bonchev–Trinajstić information content (AvgIpc) is 2.86. The summed E-state index contributed by atoms with van der Waals surface area (Å²) in [7, 11) is 3.44. The smallest absolute Gasteiger partial charge is 0.325 e. The first-order valence-electron chi connectivity index (χ1n) is 7.68. The molecule has 0 aliphatic carbocycles. The zero-order valence-electron chi connectivity index (χ0n) is 13.8. The van der Waals surface area contributed by atoms with Gasteiger partial charge in [0.05, 0.1) is 18.8 Å². The summed E-state index contributed by atoms with van der Waals surface area (Å²) in [5.41, 5.74) is 5.12. The Morgan fingerprint density at radius 2 is 1.81 bits per heavy atom. The molecule has 1 rings (SSSR count). The average molecular weight is 302 g/mol. The monoisotopic (exact) mass is 302 g/mol. The number of methoxy groups -OCH3 is 2. The fourth-order valence-electron chi connectivity index (χ4n) is 2.68. The van der Waals surface area contributed by atoms with E-state index in [-0.39, 0.29) is 18.2 Å². The van der Waals surface area contributed by atoms with Crippen LogP contribution in [0.4, 0.5) is 0 Å². The van der Waals surface area contributed by atoms with Gasteiger partial charge in [-0.05, 0) is 39.7 Å². The molecular weight excluding hydrogens is 272 g/mol. The van der Waals surface area contributed by atoms with E-state index in [9.17, 15) is 4.79 Å². The molecular formula is C15H30N2O4. The molecule has 0 radical (unpaired) electrons. The normalized spacial score (nSPS) is 25.8. The first-order valence-corrected chi connectivity index (χ1v) is 7.68. The molecule has 21 heavy (non-hydrogen) atoms. The summed E-state index contributed by atoms with van der Waals surface area (Å²) in [5, 5.41) is 0. The van der Waals surface area contributed by atoms with Crippen LogP contribution in [0.15, 0.2) is 0 Å². The van der Waals surface area contributed by atoms with Crippen LogP contribution in [0.2, 0.25) is 0 Å². The number of likely N-dealkylation sites (tertiary alicyclic amines) is 1. The standard InChI is InChI=1S/C15H30N2O4/c1-5-21-14(18)15(2,16)8-6-7-9-17-10-12(19-3)13(11-17)20-4/h12-13H,5-11,16H2,1-4H3. The molecule has 0 aromatic rings. The van der Waals surface area contributed by atoms with E-state index < -0.39 is 5.54 Å². The van der Waals surface area contributed by atoms with Crippen LogP contribution in [0.25, 0.3) is 0 Å². The summed E-state index contributed by atoms with van der Waals surface area (Å²) < 4.78 is 15.8. The van der Waals surface area contributed by atoms with Crippen molar-refractivity contribution in [3.05, 3.63) is 0 Å². The van der Waals surface area contributed by atoms with Crippen LogP contribution in [0.5, 0.6) is 0 Å². The highest BCUT2D eigenvalue weighted by atomic mass is 16.5. The number of rotatable bonds is 9. The quantitative estimate of drug-likeness (QED) is 0.501. The number of hydrogen-bond donors (Lipinski definition) is 1. The molecule has 6 heteroatoms. The van der Waals surface area contributed by atoms with Crippen LogP contribution in [-0.2, 0) is 19.0 Å². The SMILES string of the molecule is CCOC(=O)C(C)(N)CCCCN1CC(OC)C(OC)C1. The summed E-state index contributed by atoms with van der Waals surface area (Å²) in [5.74, 6) is -0.315. The van der Waals surface area contributed by atoms with E-state index in [1.165, 1.54) is 0 Å². The largest absolute Gasteiger partial charge is 0.465 e. The van der Waals surface area contributed by atoms with Crippen molar-refractivity contribution in [2.45, 2.75) is 50.9 Å². The number of nitrogens with two attached hydrogens (primary N) is 1. The summed E-state index contributed by atoms with van der Waals surface area (Å²) in [6, 6.07) is 0. The van der Waals surface area contributed by atoms with Gasteiger partial charge < -0.3 is 19.9 Å². The Hall–Kier alpha value is -0.690. The Balaban J connectivity index is 2.24. The summed E-state index contributed by atoms with van der Waals surface area (Å²) >= 11 is 0. The Kier molecular flexibility index (Phi) is 7.59. The fraction of sp³-hybridized carbons (Fsp3) is 0.933. The molecule has 0 aromatic carbocycles. The van der Waals surface area contributed by atoms with Gasteiger partial charge in [-0.25, -0.2) is 0 Å². The Bertz CT molecular complexity index is 311. The molecule has 0 saturated carbocycles. The first-order chi connectivity index (χ1) is 9.94. The molecule has 1 heterocycles. The van der Waals surface area contributed by atoms with E-state index in [0.29, 0.717) is 13.0 Å². The van der Waals surface area contributed by atoms with Gasteiger partial charge in [-0.15, -0.1) is 0 Å². The molecule has 124 valence electrons. The van der Waals surface area contributed by atoms with Gasteiger partial charge in [-0.1, -0.05) is 0 Å². The van der Waals surface area contributed by atoms with Gasteiger partial charge in [-0.3, -0.25) is 9.69 Å². The Morgan fingerprint density at radius 3 is 2.29 bits per heavy atom. The summed E-state index contributed by atoms with van der Waals surface area (Å²) in [4.78, 5) is 14.0. The zero-order chi connectivity index (χ0) is 15.9. The molecule has 3 unspecified atom stereocenters. The fourth-order valence-corrected chi connectivity index (χ4v) is 2.68. The minimum Gasteiger partial charge on any atom is -0.465 e. The third-order valence-electron chi connectivity index (χ3n) is 4.06. The van der Waals surface area contributed by atoms with Crippen LogP contribution in [0.3, 0.4) is 0 Å². The third kappa shape index (κ3) is 5.54.